The fraction of sp³-hybridized carbons (Fsp3) is 0.429. The Morgan fingerprint density at radius 3 is 2.52 bits per heavy atom. The highest BCUT2D eigenvalue weighted by molar-refractivity contribution is 5.70. The number of hydrogen-bond acceptors (Lipinski definition) is 3. The van der Waals surface area contributed by atoms with Crippen LogP contribution in [0.5, 0.6) is 0 Å². The highest BCUT2D eigenvalue weighted by atomic mass is 19.1. The zero-order valence-corrected chi connectivity index (χ0v) is 11.6. The largest absolute Gasteiger partial charge is 0.481 e. The predicted molar refractivity (Wildman–Crippen MR) is 72.2 cm³/mol. The molecule has 5 nitrogen and oxygen atoms in total. The minimum absolute atomic E-state index is 0.0324. The van der Waals surface area contributed by atoms with Crippen molar-refractivity contribution in [3.63, 3.8) is 0 Å². The van der Waals surface area contributed by atoms with Gasteiger partial charge in [0.2, 0.25) is 0 Å². The van der Waals surface area contributed by atoms with Gasteiger partial charge in [-0.1, -0.05) is 6.92 Å². The number of benzene rings is 1. The molecule has 7 heteroatoms. The van der Waals surface area contributed by atoms with E-state index >= 15 is 0 Å². The Hall–Kier alpha value is -2.18. The first-order chi connectivity index (χ1) is 9.81. The van der Waals surface area contributed by atoms with Gasteiger partial charge in [0.1, 0.15) is 11.6 Å². The van der Waals surface area contributed by atoms with E-state index in [1.165, 1.54) is 11.8 Å². The van der Waals surface area contributed by atoms with Gasteiger partial charge in [0.05, 0.1) is 11.6 Å². The average molecular weight is 301 g/mol. The maximum Gasteiger partial charge on any atom is 0.308 e. The van der Waals surface area contributed by atoms with Crippen LogP contribution < -0.4 is 4.90 Å². The Balaban J connectivity index is 2.91. The number of anilines is 1. The molecule has 1 aromatic carbocycles. The standard InChI is InChI=1S/C14H17F2NO4/c1-9(14(20)21)8-17(6-2-3-13(18)19)12-7-10(15)4-5-11(12)16/h4-5,7,9H,2-3,6,8H2,1H3,(H,18,19)(H,20,21). The Bertz CT molecular complexity index is 522. The summed E-state index contributed by atoms with van der Waals surface area (Å²) in [5.74, 6) is -4.17. The van der Waals surface area contributed by atoms with Crippen LogP contribution in [0, 0.1) is 17.6 Å². The smallest absolute Gasteiger partial charge is 0.308 e. The summed E-state index contributed by atoms with van der Waals surface area (Å²) >= 11 is 0. The van der Waals surface area contributed by atoms with Gasteiger partial charge in [0, 0.05) is 25.6 Å². The van der Waals surface area contributed by atoms with Gasteiger partial charge in [-0.15, -0.1) is 0 Å². The Kier molecular flexibility index (Phi) is 6.08. The second-order valence-electron chi connectivity index (χ2n) is 4.78. The maximum atomic E-state index is 13.8. The molecule has 1 atom stereocenters. The predicted octanol–water partition coefficient (Wildman–Crippen LogP) is 2.36. The molecule has 1 unspecified atom stereocenters. The first kappa shape index (κ1) is 16.9. The van der Waals surface area contributed by atoms with Crippen molar-refractivity contribution >= 4 is 17.6 Å². The third kappa shape index (κ3) is 5.37. The van der Waals surface area contributed by atoms with Crippen LogP contribution >= 0.6 is 0 Å². The zero-order chi connectivity index (χ0) is 16.0. The molecule has 0 radical (unpaired) electrons. The number of aliphatic carboxylic acids is 2. The lowest BCUT2D eigenvalue weighted by Gasteiger charge is -2.27. The highest BCUT2D eigenvalue weighted by Gasteiger charge is 2.19. The van der Waals surface area contributed by atoms with Crippen molar-refractivity contribution in [3.8, 4) is 0 Å². The third-order valence-electron chi connectivity index (χ3n) is 2.98. The van der Waals surface area contributed by atoms with E-state index in [4.69, 9.17) is 10.2 Å². The number of halogens is 2. The molecule has 0 spiro atoms. The van der Waals surface area contributed by atoms with E-state index in [0.717, 1.165) is 18.2 Å². The van der Waals surface area contributed by atoms with Gasteiger partial charge in [0.25, 0.3) is 0 Å². The highest BCUT2D eigenvalue weighted by Crippen LogP contribution is 2.22. The van der Waals surface area contributed by atoms with Crippen molar-refractivity contribution in [2.75, 3.05) is 18.0 Å². The van der Waals surface area contributed by atoms with Crippen LogP contribution in [0.2, 0.25) is 0 Å². The molecular formula is C14H17F2NO4. The van der Waals surface area contributed by atoms with E-state index in [0.29, 0.717) is 0 Å². The first-order valence-electron chi connectivity index (χ1n) is 6.46. The molecule has 0 bridgehead atoms. The second-order valence-corrected chi connectivity index (χ2v) is 4.78. The second kappa shape index (κ2) is 7.56. The van der Waals surface area contributed by atoms with Crippen molar-refractivity contribution in [1.29, 1.82) is 0 Å². The van der Waals surface area contributed by atoms with Gasteiger partial charge in [-0.05, 0) is 18.6 Å². The van der Waals surface area contributed by atoms with E-state index < -0.39 is 29.5 Å². The molecule has 0 aliphatic rings. The quantitative estimate of drug-likeness (QED) is 0.770. The normalized spacial score (nSPS) is 12.0. The molecule has 116 valence electrons. The Morgan fingerprint density at radius 1 is 1.29 bits per heavy atom. The summed E-state index contributed by atoms with van der Waals surface area (Å²) in [6, 6.07) is 2.90. The summed E-state index contributed by atoms with van der Waals surface area (Å²) in [7, 11) is 0. The lowest BCUT2D eigenvalue weighted by molar-refractivity contribution is -0.141. The SMILES string of the molecule is CC(CN(CCCC(=O)O)c1cc(F)ccc1F)C(=O)O. The molecule has 2 N–H and O–H groups in total. The molecule has 0 aliphatic carbocycles. The molecule has 0 saturated heterocycles. The van der Waals surface area contributed by atoms with Gasteiger partial charge >= 0.3 is 11.9 Å². The number of nitrogens with zero attached hydrogens (tertiary/aromatic N) is 1. The van der Waals surface area contributed by atoms with Gasteiger partial charge < -0.3 is 15.1 Å². The molecule has 21 heavy (non-hydrogen) atoms. The number of rotatable bonds is 8. The van der Waals surface area contributed by atoms with Gasteiger partial charge in [-0.25, -0.2) is 8.78 Å². The molecule has 0 heterocycles. The number of carboxylic acid groups (broad SMARTS) is 2. The van der Waals surface area contributed by atoms with Crippen molar-refractivity contribution in [2.24, 2.45) is 5.92 Å². The molecule has 1 rings (SSSR count). The average Bonchev–Trinajstić information content (AvgIpc) is 2.39. The topological polar surface area (TPSA) is 77.8 Å². The van der Waals surface area contributed by atoms with Crippen LogP contribution in [-0.4, -0.2) is 35.2 Å². The summed E-state index contributed by atoms with van der Waals surface area (Å²) in [5.41, 5.74) is -0.0616. The maximum absolute atomic E-state index is 13.8. The summed E-state index contributed by atoms with van der Waals surface area (Å²) in [6.07, 6.45) is 0.0759. The zero-order valence-electron chi connectivity index (χ0n) is 11.6. The number of hydrogen-bond donors (Lipinski definition) is 2. The van der Waals surface area contributed by atoms with Crippen molar-refractivity contribution < 1.29 is 28.6 Å². The monoisotopic (exact) mass is 301 g/mol. The summed E-state index contributed by atoms with van der Waals surface area (Å²) in [5, 5.41) is 17.5. The first-order valence-corrected chi connectivity index (χ1v) is 6.46. The molecular weight excluding hydrogens is 284 g/mol. The van der Waals surface area contributed by atoms with E-state index in [2.05, 4.69) is 0 Å². The molecule has 0 aromatic heterocycles. The fourth-order valence-electron chi connectivity index (χ4n) is 1.87. The molecule has 0 amide bonds. The molecule has 0 aliphatic heterocycles. The van der Waals surface area contributed by atoms with Crippen LogP contribution in [0.4, 0.5) is 14.5 Å². The minimum Gasteiger partial charge on any atom is -0.481 e. The van der Waals surface area contributed by atoms with Gasteiger partial charge in [-0.3, -0.25) is 9.59 Å². The van der Waals surface area contributed by atoms with Crippen LogP contribution in [0.25, 0.3) is 0 Å². The Morgan fingerprint density at radius 2 is 1.95 bits per heavy atom. The van der Waals surface area contributed by atoms with E-state index in [1.54, 1.807) is 0 Å². The summed E-state index contributed by atoms with van der Waals surface area (Å²) < 4.78 is 27.0. The van der Waals surface area contributed by atoms with Crippen LogP contribution in [0.3, 0.4) is 0 Å². The fourth-order valence-corrected chi connectivity index (χ4v) is 1.87. The van der Waals surface area contributed by atoms with Crippen molar-refractivity contribution in [3.05, 3.63) is 29.8 Å². The molecule has 0 fully saturated rings. The number of carbonyl (C=O) groups is 2. The van der Waals surface area contributed by atoms with Gasteiger partial charge in [-0.2, -0.15) is 0 Å². The molecule has 0 saturated carbocycles. The lowest BCUT2D eigenvalue weighted by atomic mass is 10.1. The van der Waals surface area contributed by atoms with Crippen LogP contribution in [0.1, 0.15) is 19.8 Å². The number of carboxylic acids is 2. The van der Waals surface area contributed by atoms with Crippen molar-refractivity contribution in [1.82, 2.24) is 0 Å². The molecule has 1 aromatic rings. The minimum atomic E-state index is -1.06. The van der Waals surface area contributed by atoms with Crippen LogP contribution in [0.15, 0.2) is 18.2 Å². The van der Waals surface area contributed by atoms with E-state index in [9.17, 15) is 18.4 Å². The van der Waals surface area contributed by atoms with Gasteiger partial charge in [0.15, 0.2) is 0 Å². The lowest BCUT2D eigenvalue weighted by Crippen LogP contribution is -2.33. The summed E-state index contributed by atoms with van der Waals surface area (Å²) in [4.78, 5) is 22.8. The summed E-state index contributed by atoms with van der Waals surface area (Å²) in [6.45, 7) is 1.54. The van der Waals surface area contributed by atoms with Crippen molar-refractivity contribution in [2.45, 2.75) is 19.8 Å². The van der Waals surface area contributed by atoms with E-state index in [1.807, 2.05) is 0 Å². The third-order valence-corrected chi connectivity index (χ3v) is 2.98. The van der Waals surface area contributed by atoms with Crippen LogP contribution in [-0.2, 0) is 9.59 Å². The Labute approximate surface area is 120 Å². The van der Waals surface area contributed by atoms with E-state index in [-0.39, 0.29) is 31.6 Å².